The van der Waals surface area contributed by atoms with Crippen molar-refractivity contribution in [2.75, 3.05) is 20.2 Å². The second-order valence-electron chi connectivity index (χ2n) is 7.17. The zero-order valence-corrected chi connectivity index (χ0v) is 20.5. The molecule has 0 unspecified atom stereocenters. The average Bonchev–Trinajstić information content (AvgIpc) is 3.13. The van der Waals surface area contributed by atoms with Crippen LogP contribution in [0.25, 0.3) is 0 Å². The molecule has 0 spiro atoms. The average molecular weight is 469 g/mol. The molecule has 1 aliphatic rings. The maximum Gasteiger partial charge on any atom is 1.00 e. The number of carbonyl (C=O) groups is 1. The van der Waals surface area contributed by atoms with Crippen molar-refractivity contribution in [3.8, 4) is 0 Å². The van der Waals surface area contributed by atoms with E-state index in [-0.39, 0.29) is 36.1 Å². The number of aliphatic hydroxyl groups is 5. The van der Waals surface area contributed by atoms with Gasteiger partial charge in [0.2, 0.25) is 0 Å². The van der Waals surface area contributed by atoms with E-state index in [1.54, 1.807) is 31.3 Å². The predicted molar refractivity (Wildman–Crippen MR) is 114 cm³/mol. The van der Waals surface area contributed by atoms with Crippen molar-refractivity contribution in [2.45, 2.75) is 30.0 Å². The van der Waals surface area contributed by atoms with Crippen molar-refractivity contribution < 1.29 is 65.0 Å². The van der Waals surface area contributed by atoms with Crippen molar-refractivity contribution in [3.63, 3.8) is 0 Å². The molecule has 1 aliphatic heterocycles. The summed E-state index contributed by atoms with van der Waals surface area (Å²) in [6.45, 7) is -0.569. The van der Waals surface area contributed by atoms with Crippen LogP contribution in [-0.2, 0) is 10.3 Å². The van der Waals surface area contributed by atoms with E-state index in [4.69, 9.17) is 20.4 Å². The first-order valence-corrected chi connectivity index (χ1v) is 9.95. The third kappa shape index (κ3) is 7.06. The monoisotopic (exact) mass is 469 g/mol. The quantitative estimate of drug-likeness (QED) is 0.187. The van der Waals surface area contributed by atoms with Gasteiger partial charge < -0.3 is 41.3 Å². The van der Waals surface area contributed by atoms with Gasteiger partial charge in [-0.3, -0.25) is 9.79 Å². The Bertz CT molecular complexity index is 847. The van der Waals surface area contributed by atoms with Gasteiger partial charge in [-0.15, -0.1) is 0 Å². The van der Waals surface area contributed by atoms with E-state index in [9.17, 15) is 15.0 Å². The van der Waals surface area contributed by atoms with Crippen LogP contribution >= 0.6 is 0 Å². The molecule has 0 fully saturated rings. The first kappa shape index (κ1) is 29.2. The van der Waals surface area contributed by atoms with E-state index in [0.29, 0.717) is 11.1 Å². The van der Waals surface area contributed by atoms with Crippen LogP contribution in [0.1, 0.15) is 11.1 Å². The van der Waals surface area contributed by atoms with E-state index < -0.39 is 48.5 Å². The first-order valence-electron chi connectivity index (χ1n) is 9.95. The second-order valence-corrected chi connectivity index (χ2v) is 7.17. The van der Waals surface area contributed by atoms with Gasteiger partial charge in [0.25, 0.3) is 5.91 Å². The number of rotatable bonds is 8. The number of amides is 1. The Balaban J connectivity index is 0.000000346. The molecule has 4 atom stereocenters. The van der Waals surface area contributed by atoms with Gasteiger partial charge in [-0.2, -0.15) is 0 Å². The molecule has 7 N–H and O–H groups in total. The number of carbonyl (C=O) groups excluding carboxylic acids is 1. The summed E-state index contributed by atoms with van der Waals surface area (Å²) in [6, 6.07) is 17.6. The van der Waals surface area contributed by atoms with Crippen LogP contribution in [0.5, 0.6) is 0 Å². The predicted octanol–water partition coefficient (Wildman–Crippen LogP) is -5.58. The zero-order valence-electron chi connectivity index (χ0n) is 18.5. The number of aliphatic hydroxyl groups excluding tert-OH is 5. The first-order chi connectivity index (χ1) is 15.3. The standard InChI is InChI=1S/C15H12N2O2.C7H17NO5.Na/c18-13-15(17-14(19)16-13,11-7-3-1-4-8-11)12-9-5-2-6-10-12;1-8-2-4(10)6(12)7(13)5(11)3-9;/h1-10H,(H2,16,17,18,19);4-13H,2-3H2,1H3;/q;;+1/p-1/t;4-,5+,6+,7+;/m.0./s1. The molecule has 0 radical (unpaired) electrons. The minimum absolute atomic E-state index is 0. The van der Waals surface area contributed by atoms with Gasteiger partial charge >= 0.3 is 29.6 Å². The molecule has 174 valence electrons. The number of benzene rings is 2. The smallest absolute Gasteiger partial charge is 0.846 e. The normalized spacial score (nSPS) is 17.9. The third-order valence-electron chi connectivity index (χ3n) is 4.94. The molecule has 2 aromatic rings. The van der Waals surface area contributed by atoms with Crippen LogP contribution in [0.3, 0.4) is 0 Å². The topological polar surface area (TPSA) is 178 Å². The number of aliphatic imine (C=N–C) groups is 1. The van der Waals surface area contributed by atoms with Crippen molar-refractivity contribution in [3.05, 3.63) is 71.8 Å². The maximum absolute atomic E-state index is 12.3. The van der Waals surface area contributed by atoms with Crippen LogP contribution in [-0.4, -0.2) is 82.1 Å². The van der Waals surface area contributed by atoms with Gasteiger partial charge in [-0.1, -0.05) is 60.7 Å². The SMILES string of the molecule is CNC[C@H](O)[C@@H](O)[C@H](O)[C@H](O)CO.O=C1NC([O-])=NC1(c1ccccc1)c1ccccc1.[Na+]. The van der Waals surface area contributed by atoms with Gasteiger partial charge in [0.15, 0.2) is 5.54 Å². The number of likely N-dealkylation sites (N-methyl/N-ethyl adjacent to an activating group) is 1. The summed E-state index contributed by atoms with van der Waals surface area (Å²) in [5.41, 5.74) is 0.105. The molecule has 11 heteroatoms. The molecule has 2 aromatic carbocycles. The van der Waals surface area contributed by atoms with Crippen molar-refractivity contribution >= 4 is 11.9 Å². The Labute approximate surface area is 213 Å². The summed E-state index contributed by atoms with van der Waals surface area (Å²) in [6.07, 6.45) is -5.65. The molecule has 33 heavy (non-hydrogen) atoms. The molecule has 0 saturated heterocycles. The van der Waals surface area contributed by atoms with Crippen LogP contribution in [0.15, 0.2) is 65.7 Å². The fourth-order valence-corrected chi connectivity index (χ4v) is 3.23. The Hall–Kier alpha value is -1.86. The number of amidine groups is 1. The van der Waals surface area contributed by atoms with E-state index in [1.165, 1.54) is 0 Å². The molecular formula is C22H28N3NaO7. The Morgan fingerprint density at radius 2 is 1.39 bits per heavy atom. The summed E-state index contributed by atoms with van der Waals surface area (Å²) in [5, 5.41) is 61.3. The number of nitrogens with zero attached hydrogens (tertiary/aromatic N) is 1. The summed E-state index contributed by atoms with van der Waals surface area (Å²) in [4.78, 5) is 16.3. The molecule has 0 bridgehead atoms. The van der Waals surface area contributed by atoms with E-state index in [2.05, 4.69) is 15.6 Å². The van der Waals surface area contributed by atoms with Crippen molar-refractivity contribution in [1.82, 2.24) is 10.6 Å². The molecule has 10 nitrogen and oxygen atoms in total. The summed E-state index contributed by atoms with van der Waals surface area (Å²) < 4.78 is 0. The Morgan fingerprint density at radius 1 is 0.939 bits per heavy atom. The minimum Gasteiger partial charge on any atom is -0.846 e. The van der Waals surface area contributed by atoms with Crippen molar-refractivity contribution in [1.29, 1.82) is 0 Å². The molecule has 1 heterocycles. The Kier molecular flexibility index (Phi) is 12.2. The fraction of sp³-hybridized carbons (Fsp3) is 0.364. The van der Waals surface area contributed by atoms with Crippen molar-refractivity contribution in [2.24, 2.45) is 4.99 Å². The van der Waals surface area contributed by atoms with Crippen LogP contribution in [0.4, 0.5) is 0 Å². The molecule has 3 rings (SSSR count). The van der Waals surface area contributed by atoms with Crippen LogP contribution in [0.2, 0.25) is 0 Å². The minimum atomic E-state index is -1.55. The van der Waals surface area contributed by atoms with Gasteiger partial charge in [-0.25, -0.2) is 0 Å². The number of hydrogen-bond donors (Lipinski definition) is 7. The van der Waals surface area contributed by atoms with Gasteiger partial charge in [0.1, 0.15) is 18.3 Å². The van der Waals surface area contributed by atoms with Crippen LogP contribution < -0.4 is 45.3 Å². The molecule has 0 saturated carbocycles. The molecule has 0 aliphatic carbocycles. The Morgan fingerprint density at radius 3 is 1.76 bits per heavy atom. The van der Waals surface area contributed by atoms with E-state index in [1.807, 2.05) is 36.4 Å². The largest absolute Gasteiger partial charge is 1.00 e. The fourth-order valence-electron chi connectivity index (χ4n) is 3.23. The molecular weight excluding hydrogens is 441 g/mol. The van der Waals surface area contributed by atoms with Gasteiger partial charge in [0, 0.05) is 6.54 Å². The van der Waals surface area contributed by atoms with Gasteiger partial charge in [-0.05, 0) is 18.2 Å². The van der Waals surface area contributed by atoms with E-state index >= 15 is 0 Å². The summed E-state index contributed by atoms with van der Waals surface area (Å²) in [7, 11) is 1.57. The zero-order chi connectivity index (χ0) is 23.7. The third-order valence-corrected chi connectivity index (χ3v) is 4.94. The second kappa shape index (κ2) is 13.8. The van der Waals surface area contributed by atoms with Crippen LogP contribution in [0, 0.1) is 0 Å². The van der Waals surface area contributed by atoms with Gasteiger partial charge in [0.05, 0.1) is 18.7 Å². The molecule has 1 amide bonds. The molecule has 0 aromatic heterocycles. The summed E-state index contributed by atoms with van der Waals surface area (Å²) in [5.74, 6) is -0.407. The number of hydrogen-bond acceptors (Lipinski definition) is 9. The number of nitrogens with one attached hydrogen (secondary N) is 2. The van der Waals surface area contributed by atoms with E-state index in [0.717, 1.165) is 0 Å². The maximum atomic E-state index is 12.3. The summed E-state index contributed by atoms with van der Waals surface area (Å²) >= 11 is 0.